The highest BCUT2D eigenvalue weighted by atomic mass is 127. The van der Waals surface area contributed by atoms with Gasteiger partial charge in [-0.25, -0.2) is 0 Å². The average Bonchev–Trinajstić information content (AvgIpc) is 2.63. The van der Waals surface area contributed by atoms with E-state index < -0.39 is 0 Å². The number of guanidine groups is 1. The summed E-state index contributed by atoms with van der Waals surface area (Å²) in [5.41, 5.74) is 0. The fraction of sp³-hybridized carbons (Fsp3) is 0.786. The van der Waals surface area contributed by atoms with E-state index in [0.29, 0.717) is 0 Å². The molecule has 0 aromatic heterocycles. The second kappa shape index (κ2) is 12.4. The predicted octanol–water partition coefficient (Wildman–Crippen LogP) is 0.983. The minimum absolute atomic E-state index is 0. The van der Waals surface area contributed by atoms with E-state index in [0.717, 1.165) is 25.5 Å². The molecule has 0 aromatic rings. The molecule has 0 radical (unpaired) electrons. The molecule has 1 aliphatic rings. The largest absolute Gasteiger partial charge is 0.356 e. The third kappa shape index (κ3) is 8.76. The minimum atomic E-state index is 0. The summed E-state index contributed by atoms with van der Waals surface area (Å²) in [6.45, 7) is 11.4. The van der Waals surface area contributed by atoms with Crippen LogP contribution in [0.3, 0.4) is 0 Å². The Kier molecular flexibility index (Phi) is 12.2. The number of rotatable bonds is 6. The lowest BCUT2D eigenvalue weighted by Crippen LogP contribution is -2.39. The van der Waals surface area contributed by atoms with E-state index in [2.05, 4.69) is 39.1 Å². The molecule has 0 bridgehead atoms. The zero-order chi connectivity index (χ0) is 13.9. The average molecular weight is 395 g/mol. The zero-order valence-corrected chi connectivity index (χ0v) is 15.2. The second-order valence-corrected chi connectivity index (χ2v) is 5.02. The van der Waals surface area contributed by atoms with Gasteiger partial charge in [0.1, 0.15) is 0 Å². The molecule has 0 spiro atoms. The zero-order valence-electron chi connectivity index (χ0n) is 12.9. The van der Waals surface area contributed by atoms with Gasteiger partial charge in [0.2, 0.25) is 0 Å². The predicted molar refractivity (Wildman–Crippen MR) is 98.1 cm³/mol. The van der Waals surface area contributed by atoms with Crippen LogP contribution in [0.25, 0.3) is 0 Å². The van der Waals surface area contributed by atoms with Crippen LogP contribution in [0.1, 0.15) is 12.8 Å². The first-order chi connectivity index (χ1) is 9.26. The summed E-state index contributed by atoms with van der Waals surface area (Å²) >= 11 is 0. The molecular weight excluding hydrogens is 365 g/mol. The second-order valence-electron chi connectivity index (χ2n) is 5.02. The van der Waals surface area contributed by atoms with Crippen molar-refractivity contribution >= 4 is 29.9 Å². The Morgan fingerprint density at radius 2 is 2.05 bits per heavy atom. The molecule has 0 aromatic carbocycles. The summed E-state index contributed by atoms with van der Waals surface area (Å²) in [4.78, 5) is 9.14. The van der Waals surface area contributed by atoms with Crippen molar-refractivity contribution in [3.63, 3.8) is 0 Å². The molecule has 0 aliphatic carbocycles. The Labute approximate surface area is 140 Å². The molecule has 1 fully saturated rings. The lowest BCUT2D eigenvalue weighted by Gasteiger charge is -2.20. The third-order valence-electron chi connectivity index (χ3n) is 3.39. The maximum absolute atomic E-state index is 4.16. The first kappa shape index (κ1) is 19.7. The van der Waals surface area contributed by atoms with Gasteiger partial charge in [0.05, 0.1) is 0 Å². The monoisotopic (exact) mass is 395 g/mol. The number of nitrogens with one attached hydrogen (secondary N) is 2. The van der Waals surface area contributed by atoms with Gasteiger partial charge in [0.25, 0.3) is 0 Å². The van der Waals surface area contributed by atoms with Crippen molar-refractivity contribution in [2.45, 2.75) is 12.8 Å². The van der Waals surface area contributed by atoms with E-state index in [9.17, 15) is 0 Å². The summed E-state index contributed by atoms with van der Waals surface area (Å²) in [5.74, 6) is 0.857. The van der Waals surface area contributed by atoms with Crippen LogP contribution in [-0.4, -0.2) is 75.7 Å². The van der Waals surface area contributed by atoms with Crippen molar-refractivity contribution in [3.8, 4) is 0 Å². The lowest BCUT2D eigenvalue weighted by molar-refractivity contribution is 0.274. The Morgan fingerprint density at radius 3 is 2.75 bits per heavy atom. The maximum Gasteiger partial charge on any atom is 0.191 e. The molecule has 1 aliphatic heterocycles. The molecule has 20 heavy (non-hydrogen) atoms. The molecule has 0 amide bonds. The van der Waals surface area contributed by atoms with E-state index >= 15 is 0 Å². The highest BCUT2D eigenvalue weighted by Crippen LogP contribution is 2.01. The molecule has 118 valence electrons. The summed E-state index contributed by atoms with van der Waals surface area (Å²) in [7, 11) is 4.00. The Morgan fingerprint density at radius 1 is 1.25 bits per heavy atom. The van der Waals surface area contributed by atoms with Crippen LogP contribution in [0.4, 0.5) is 0 Å². The number of likely N-dealkylation sites (N-methyl/N-ethyl adjacent to an activating group) is 1. The molecule has 6 heteroatoms. The van der Waals surface area contributed by atoms with Gasteiger partial charge in [-0.3, -0.25) is 4.99 Å². The van der Waals surface area contributed by atoms with E-state index in [1.807, 2.05) is 6.08 Å². The summed E-state index contributed by atoms with van der Waals surface area (Å²) < 4.78 is 0. The molecule has 5 nitrogen and oxygen atoms in total. The van der Waals surface area contributed by atoms with Gasteiger partial charge in [-0.05, 0) is 39.5 Å². The van der Waals surface area contributed by atoms with Crippen molar-refractivity contribution in [2.24, 2.45) is 4.99 Å². The van der Waals surface area contributed by atoms with Crippen LogP contribution in [0, 0.1) is 0 Å². The fourth-order valence-corrected chi connectivity index (χ4v) is 2.22. The van der Waals surface area contributed by atoms with Crippen LogP contribution >= 0.6 is 24.0 Å². The first-order valence-electron chi connectivity index (χ1n) is 7.22. The number of nitrogens with zero attached hydrogens (tertiary/aromatic N) is 3. The third-order valence-corrected chi connectivity index (χ3v) is 3.39. The summed E-state index contributed by atoms with van der Waals surface area (Å²) in [6.07, 6.45) is 4.27. The lowest BCUT2D eigenvalue weighted by atomic mass is 10.3. The van der Waals surface area contributed by atoms with Gasteiger partial charge in [-0.15, -0.1) is 30.6 Å². The van der Waals surface area contributed by atoms with Gasteiger partial charge in [-0.1, -0.05) is 6.08 Å². The molecule has 1 saturated heterocycles. The Bertz CT molecular complexity index is 283. The molecule has 0 unspecified atom stereocenters. The summed E-state index contributed by atoms with van der Waals surface area (Å²) in [6, 6.07) is 0. The van der Waals surface area contributed by atoms with Gasteiger partial charge < -0.3 is 20.4 Å². The first-order valence-corrected chi connectivity index (χ1v) is 7.22. The molecular formula is C14H30IN5. The van der Waals surface area contributed by atoms with E-state index in [1.165, 1.54) is 39.1 Å². The fourth-order valence-electron chi connectivity index (χ4n) is 2.22. The number of aliphatic imine (C=N–C) groups is 1. The summed E-state index contributed by atoms with van der Waals surface area (Å²) in [5, 5.41) is 6.50. The van der Waals surface area contributed by atoms with Crippen LogP contribution in [-0.2, 0) is 0 Å². The van der Waals surface area contributed by atoms with Crippen molar-refractivity contribution in [1.29, 1.82) is 0 Å². The molecule has 2 N–H and O–H groups in total. The topological polar surface area (TPSA) is 42.9 Å². The van der Waals surface area contributed by atoms with Crippen molar-refractivity contribution in [1.82, 2.24) is 20.4 Å². The van der Waals surface area contributed by atoms with Gasteiger partial charge in [-0.2, -0.15) is 0 Å². The molecule has 0 saturated carbocycles. The minimum Gasteiger partial charge on any atom is -0.356 e. The van der Waals surface area contributed by atoms with Crippen LogP contribution < -0.4 is 10.6 Å². The van der Waals surface area contributed by atoms with Gasteiger partial charge >= 0.3 is 0 Å². The van der Waals surface area contributed by atoms with E-state index in [-0.39, 0.29) is 24.0 Å². The highest BCUT2D eigenvalue weighted by molar-refractivity contribution is 14.0. The van der Waals surface area contributed by atoms with Gasteiger partial charge in [0.15, 0.2) is 5.96 Å². The molecule has 1 rings (SSSR count). The van der Waals surface area contributed by atoms with E-state index in [1.54, 1.807) is 7.05 Å². The highest BCUT2D eigenvalue weighted by Gasteiger charge is 2.11. The van der Waals surface area contributed by atoms with Crippen LogP contribution in [0.5, 0.6) is 0 Å². The Hall–Kier alpha value is -0.340. The molecule has 1 heterocycles. The smallest absolute Gasteiger partial charge is 0.191 e. The number of hydrogen-bond acceptors (Lipinski definition) is 3. The van der Waals surface area contributed by atoms with Gasteiger partial charge in [0, 0.05) is 33.2 Å². The van der Waals surface area contributed by atoms with Crippen LogP contribution in [0.15, 0.2) is 17.6 Å². The maximum atomic E-state index is 4.16. The normalized spacial score (nSPS) is 18.0. The van der Waals surface area contributed by atoms with Crippen molar-refractivity contribution in [2.75, 3.05) is 59.9 Å². The molecule has 0 atom stereocenters. The van der Waals surface area contributed by atoms with Crippen molar-refractivity contribution < 1.29 is 0 Å². The van der Waals surface area contributed by atoms with Crippen LogP contribution in [0.2, 0.25) is 0 Å². The van der Waals surface area contributed by atoms with Crippen molar-refractivity contribution in [3.05, 3.63) is 12.7 Å². The quantitative estimate of drug-likeness (QED) is 0.231. The number of hydrogen-bond donors (Lipinski definition) is 2. The standard InChI is InChI=1S/C14H29N5.HI/c1-4-7-16-14(15-2)17-8-5-10-19-11-6-9-18(3)12-13-19;/h4H,1,5-13H2,2-3H3,(H2,15,16,17);1H. The Balaban J connectivity index is 0.00000361. The SMILES string of the molecule is C=CCNC(=NC)NCCCN1CCCN(C)CC1.I. The van der Waals surface area contributed by atoms with E-state index in [4.69, 9.17) is 0 Å². The number of halogens is 1.